The smallest absolute Gasteiger partial charge is 0.378 e. The number of nitrogens with one attached hydrogen (secondary N) is 2. The Morgan fingerprint density at radius 1 is 0.659 bits per heavy atom. The Morgan fingerprint density at radius 3 is 1.64 bits per heavy atom. The van der Waals surface area contributed by atoms with Crippen LogP contribution in [0.3, 0.4) is 0 Å². The monoisotopic (exact) mass is 1230 g/mol. The summed E-state index contributed by atoms with van der Waals surface area (Å²) in [5.41, 5.74) is 5.48. The number of benzene rings is 5. The maximum atomic E-state index is 12.2. The van der Waals surface area contributed by atoms with Crippen LogP contribution in [-0.4, -0.2) is 205 Å². The molecular formula is C63H76N2O23. The van der Waals surface area contributed by atoms with Gasteiger partial charge in [-0.25, -0.2) is 9.59 Å². The molecule has 25 nitrogen and oxygen atoms in total. The molecule has 0 amide bonds. The highest BCUT2D eigenvalue weighted by Crippen LogP contribution is 2.34. The minimum Gasteiger partial charge on any atom is -0.547 e. The molecular weight excluding hydrogens is 1150 g/mol. The van der Waals surface area contributed by atoms with Gasteiger partial charge in [0.15, 0.2) is 23.7 Å². The SMILES string of the molecule is O=C([O-])C(O)C(O)C(O)C(O)C[NH+]1CC(O)C(O)C1CO.O=C1O[C@H]([C@@H](O)CO)C(O)=C1O.O=C1O[C@H]([C@@H]2CO2)C(OCc2ccccc2)=C1OCc1ccccc1.c1ccc(COCC2NCC(OCc3ccccc3)C2OCc2ccccc2)cc1. The van der Waals surface area contributed by atoms with E-state index in [0.717, 1.165) is 23.2 Å². The number of carbonyl (C=O) groups excluding carboxylic acids is 3. The number of cyclic esters (lactones) is 2. The van der Waals surface area contributed by atoms with Gasteiger partial charge in [0.05, 0.1) is 64.4 Å². The highest BCUT2D eigenvalue weighted by Gasteiger charge is 2.49. The number of carbonyl (C=O) groups is 3. The lowest BCUT2D eigenvalue weighted by Crippen LogP contribution is -3.16. The molecule has 5 heterocycles. The molecule has 0 aliphatic carbocycles. The highest BCUT2D eigenvalue weighted by molar-refractivity contribution is 5.90. The van der Waals surface area contributed by atoms with E-state index in [4.69, 9.17) is 63.8 Å². The molecule has 11 unspecified atom stereocenters. The minimum atomic E-state index is -2.37. The molecule has 25 heteroatoms. The molecule has 5 aliphatic rings. The number of rotatable bonds is 26. The Kier molecular flexibility index (Phi) is 26.6. The van der Waals surface area contributed by atoms with Gasteiger partial charge >= 0.3 is 11.9 Å². The van der Waals surface area contributed by atoms with Crippen LogP contribution in [0.5, 0.6) is 0 Å². The summed E-state index contributed by atoms with van der Waals surface area (Å²) in [5.74, 6) is -4.72. The van der Waals surface area contributed by atoms with Crippen LogP contribution in [0.25, 0.3) is 0 Å². The lowest BCUT2D eigenvalue weighted by atomic mass is 10.0. The van der Waals surface area contributed by atoms with Crippen molar-refractivity contribution in [2.45, 2.75) is 118 Å². The van der Waals surface area contributed by atoms with Crippen molar-refractivity contribution in [3.63, 3.8) is 0 Å². The van der Waals surface area contributed by atoms with E-state index < -0.39 is 104 Å². The van der Waals surface area contributed by atoms with E-state index >= 15 is 0 Å². The number of aliphatic carboxylic acids is 1. The van der Waals surface area contributed by atoms with E-state index in [0.29, 0.717) is 50.3 Å². The summed E-state index contributed by atoms with van der Waals surface area (Å²) in [6.07, 6.45) is -14.0. The van der Waals surface area contributed by atoms with E-state index in [1.54, 1.807) is 0 Å². The van der Waals surface area contributed by atoms with Crippen LogP contribution in [0, 0.1) is 0 Å². The van der Waals surface area contributed by atoms with E-state index in [1.807, 2.05) is 115 Å². The average Bonchev–Trinajstić information content (AvgIpc) is 3.58. The highest BCUT2D eigenvalue weighted by atomic mass is 16.7. The lowest BCUT2D eigenvalue weighted by Gasteiger charge is -2.29. The molecule has 0 spiro atoms. The maximum absolute atomic E-state index is 12.2. The lowest BCUT2D eigenvalue weighted by molar-refractivity contribution is -0.919. The zero-order valence-electron chi connectivity index (χ0n) is 47.8. The largest absolute Gasteiger partial charge is 0.547 e. The Balaban J connectivity index is 0.000000174. The molecule has 13 N–H and O–H groups in total. The molecule has 5 aromatic rings. The summed E-state index contributed by atoms with van der Waals surface area (Å²) in [6, 6.07) is 49.5. The quantitative estimate of drug-likeness (QED) is 0.0211. The maximum Gasteiger partial charge on any atom is 0.378 e. The predicted molar refractivity (Wildman–Crippen MR) is 305 cm³/mol. The first-order valence-corrected chi connectivity index (χ1v) is 28.4. The molecule has 0 saturated carbocycles. The number of ether oxygens (including phenoxy) is 8. The van der Waals surface area contributed by atoms with Crippen molar-refractivity contribution in [2.24, 2.45) is 0 Å². The number of esters is 2. The van der Waals surface area contributed by atoms with Crippen molar-refractivity contribution in [3.8, 4) is 0 Å². The number of likely N-dealkylation sites (tertiary alicyclic amines) is 1. The second-order valence-corrected chi connectivity index (χ2v) is 21.1. The van der Waals surface area contributed by atoms with Gasteiger partial charge in [-0.1, -0.05) is 152 Å². The summed E-state index contributed by atoms with van der Waals surface area (Å²) < 4.78 is 45.2. The molecule has 476 valence electrons. The van der Waals surface area contributed by atoms with Gasteiger partial charge in [0.1, 0.15) is 87.3 Å². The topological polar surface area (TPSA) is 390 Å². The molecule has 5 aliphatic heterocycles. The number of carboxylic acid groups (broad SMARTS) is 1. The van der Waals surface area contributed by atoms with Crippen LogP contribution in [0.4, 0.5) is 0 Å². The van der Waals surface area contributed by atoms with Crippen LogP contribution < -0.4 is 15.3 Å². The van der Waals surface area contributed by atoms with Crippen LogP contribution >= 0.6 is 0 Å². The van der Waals surface area contributed by atoms with Gasteiger partial charge in [-0.2, -0.15) is 0 Å². The standard InChI is InChI=1S/C26H29NO3.C20H18O5.C11H21NO9.C6H8O6/c1-4-10-21(11-5-1)17-28-20-24-26(30-19-23-14-8-3-9-15-23)25(16-27-24)29-18-22-12-6-2-7-13-22;21-20-19(24-12-15-9-5-2-6-10-15)18(17(25-20)16-13-22-16)23-11-14-7-3-1-4-8-14;13-3-4-7(16)5(14)1-12(4)2-6(15)8(17)9(18)10(19)11(20)21;7-1-2(8)5-3(9)4(10)6(11)12-5/h1-15,24-27H,16-20H2;1-10,16-17H,11-13H2;4-10,13-19H,1-3H2,(H,20,21);2,5,7-10H,1H2/t;16-,17+;;2-,5+/m.0.0/s1. The van der Waals surface area contributed by atoms with E-state index in [1.165, 1.54) is 11.1 Å². The summed E-state index contributed by atoms with van der Waals surface area (Å²) in [6.45, 7) is 2.83. The fourth-order valence-corrected chi connectivity index (χ4v) is 9.67. The number of aliphatic hydroxyl groups excluding tert-OH is 11. The summed E-state index contributed by atoms with van der Waals surface area (Å²) in [4.78, 5) is 33.5. The van der Waals surface area contributed by atoms with Crippen molar-refractivity contribution >= 4 is 17.9 Å². The molecule has 0 aromatic heterocycles. The van der Waals surface area contributed by atoms with Gasteiger partial charge in [-0.3, -0.25) is 0 Å². The van der Waals surface area contributed by atoms with Gasteiger partial charge in [0, 0.05) is 6.54 Å². The summed E-state index contributed by atoms with van der Waals surface area (Å²) in [5, 5.41) is 115. The summed E-state index contributed by atoms with van der Waals surface area (Å²) >= 11 is 0. The number of hydrogen-bond acceptors (Lipinski definition) is 24. The first kappa shape index (κ1) is 68.1. The Hall–Kier alpha value is -7.41. The molecule has 0 radical (unpaired) electrons. The third-order valence-corrected chi connectivity index (χ3v) is 14.7. The Morgan fingerprint density at radius 2 is 1.16 bits per heavy atom. The normalized spacial score (nSPS) is 25.3. The second-order valence-electron chi connectivity index (χ2n) is 21.1. The van der Waals surface area contributed by atoms with Gasteiger partial charge in [-0.05, 0) is 27.8 Å². The van der Waals surface area contributed by atoms with Crippen LogP contribution in [0.2, 0.25) is 0 Å². The summed E-state index contributed by atoms with van der Waals surface area (Å²) in [7, 11) is 0. The second kappa shape index (κ2) is 34.4. The van der Waals surface area contributed by atoms with Crippen molar-refractivity contribution in [1.29, 1.82) is 0 Å². The molecule has 15 atom stereocenters. The van der Waals surface area contributed by atoms with Crippen molar-refractivity contribution in [2.75, 3.05) is 46.1 Å². The molecule has 10 rings (SSSR count). The van der Waals surface area contributed by atoms with Crippen molar-refractivity contribution in [3.05, 3.63) is 203 Å². The first-order chi connectivity index (χ1) is 42.5. The number of quaternary nitrogens is 1. The zero-order valence-corrected chi connectivity index (χ0v) is 47.8. The molecule has 3 fully saturated rings. The van der Waals surface area contributed by atoms with E-state index in [9.17, 15) is 45.0 Å². The molecule has 3 saturated heterocycles. The third kappa shape index (κ3) is 19.8. The number of hydrogen-bond donors (Lipinski definition) is 13. The van der Waals surface area contributed by atoms with Crippen LogP contribution in [-0.2, 0) is 85.3 Å². The number of carboxylic acids is 1. The number of epoxide rings is 1. The molecule has 88 heavy (non-hydrogen) atoms. The van der Waals surface area contributed by atoms with Gasteiger partial charge in [0.2, 0.25) is 11.5 Å². The first-order valence-electron chi connectivity index (χ1n) is 28.4. The average molecular weight is 1230 g/mol. The van der Waals surface area contributed by atoms with E-state index in [-0.39, 0.29) is 49.8 Å². The molecule has 5 aromatic carbocycles. The van der Waals surface area contributed by atoms with Gasteiger partial charge in [-0.15, -0.1) is 0 Å². The zero-order chi connectivity index (χ0) is 63.1. The van der Waals surface area contributed by atoms with Crippen LogP contribution in [0.15, 0.2) is 175 Å². The fourth-order valence-electron chi connectivity index (χ4n) is 9.67. The van der Waals surface area contributed by atoms with Gasteiger partial charge < -0.3 is 114 Å². The Bertz CT molecular complexity index is 2960. The number of aliphatic hydroxyl groups is 11. The van der Waals surface area contributed by atoms with Crippen molar-refractivity contribution < 1.29 is 118 Å². The molecule has 0 bridgehead atoms. The minimum absolute atomic E-state index is 0.00465. The Labute approximate surface area is 507 Å². The van der Waals surface area contributed by atoms with Crippen molar-refractivity contribution in [1.82, 2.24) is 5.32 Å². The fraction of sp³-hybridized carbons (Fsp3) is 0.413. The van der Waals surface area contributed by atoms with E-state index in [2.05, 4.69) is 46.5 Å². The third-order valence-electron chi connectivity index (χ3n) is 14.7. The predicted octanol–water partition coefficient (Wildman–Crippen LogP) is -1.94. The van der Waals surface area contributed by atoms with Gasteiger partial charge in [0.25, 0.3) is 0 Å². The van der Waals surface area contributed by atoms with Crippen LogP contribution in [0.1, 0.15) is 27.8 Å².